The van der Waals surface area contributed by atoms with E-state index in [9.17, 15) is 4.39 Å². The Balaban J connectivity index is 1.75. The second-order valence-electron chi connectivity index (χ2n) is 6.66. The number of pyridine rings is 1. The predicted octanol–water partition coefficient (Wildman–Crippen LogP) is 6.39. The van der Waals surface area contributed by atoms with Crippen LogP contribution in [0.4, 0.5) is 15.3 Å². The summed E-state index contributed by atoms with van der Waals surface area (Å²) >= 11 is 5.16. The zero-order chi connectivity index (χ0) is 19.8. The molecule has 28 heavy (non-hydrogen) atoms. The molecule has 4 nitrogen and oxygen atoms in total. The third-order valence-corrected chi connectivity index (χ3v) is 6.07. The van der Waals surface area contributed by atoms with E-state index in [1.807, 2.05) is 24.7 Å². The SMILES string of the molecule is CCc1nc2c(C)cc(Br)cn2c1N(C)c1nc(C2=CCC=C(F)C=C2)cs1. The van der Waals surface area contributed by atoms with Gasteiger partial charge in [-0.2, -0.15) is 0 Å². The fourth-order valence-corrected chi connectivity index (χ4v) is 4.68. The molecule has 3 aromatic heterocycles. The normalized spacial score (nSPS) is 14.2. The average Bonchev–Trinajstić information content (AvgIpc) is 3.23. The van der Waals surface area contributed by atoms with Gasteiger partial charge in [0.2, 0.25) is 0 Å². The lowest BCUT2D eigenvalue weighted by molar-refractivity contribution is 0.663. The Kier molecular flexibility index (Phi) is 5.21. The number of thiazole rings is 1. The van der Waals surface area contributed by atoms with Crippen LogP contribution >= 0.6 is 27.3 Å². The molecule has 0 atom stereocenters. The van der Waals surface area contributed by atoms with E-state index in [0.29, 0.717) is 6.42 Å². The number of hydrogen-bond acceptors (Lipinski definition) is 4. The summed E-state index contributed by atoms with van der Waals surface area (Å²) in [6, 6.07) is 2.07. The maximum atomic E-state index is 13.5. The summed E-state index contributed by atoms with van der Waals surface area (Å²) in [6.45, 7) is 4.18. The first-order valence-electron chi connectivity index (χ1n) is 9.08. The lowest BCUT2D eigenvalue weighted by atomic mass is 10.2. The van der Waals surface area contributed by atoms with E-state index < -0.39 is 0 Å². The molecular weight excluding hydrogens is 439 g/mol. The van der Waals surface area contributed by atoms with Crippen molar-refractivity contribution in [1.82, 2.24) is 14.4 Å². The second-order valence-corrected chi connectivity index (χ2v) is 8.41. The number of nitrogens with zero attached hydrogens (tertiary/aromatic N) is 4. The van der Waals surface area contributed by atoms with Gasteiger partial charge in [0.15, 0.2) is 5.13 Å². The minimum absolute atomic E-state index is 0.210. The van der Waals surface area contributed by atoms with Crippen LogP contribution in [0.5, 0.6) is 0 Å². The molecule has 0 spiro atoms. The third kappa shape index (κ3) is 3.44. The van der Waals surface area contributed by atoms with E-state index in [1.165, 1.54) is 6.08 Å². The van der Waals surface area contributed by atoms with Crippen molar-refractivity contribution >= 4 is 49.4 Å². The van der Waals surface area contributed by atoms with Gasteiger partial charge in [0, 0.05) is 23.1 Å². The van der Waals surface area contributed by atoms with Crippen molar-refractivity contribution in [3.8, 4) is 0 Å². The van der Waals surface area contributed by atoms with Gasteiger partial charge in [-0.15, -0.1) is 11.3 Å². The van der Waals surface area contributed by atoms with Gasteiger partial charge in [-0.05, 0) is 65.1 Å². The summed E-state index contributed by atoms with van der Waals surface area (Å²) in [7, 11) is 2.01. The quantitative estimate of drug-likeness (QED) is 0.454. The maximum absolute atomic E-state index is 13.5. The van der Waals surface area contributed by atoms with Gasteiger partial charge in [-0.3, -0.25) is 4.40 Å². The molecule has 7 heteroatoms. The second kappa shape index (κ2) is 7.64. The highest BCUT2D eigenvalue weighted by Crippen LogP contribution is 2.34. The van der Waals surface area contributed by atoms with Gasteiger partial charge in [0.05, 0.1) is 11.4 Å². The number of allylic oxidation sites excluding steroid dienone is 6. The Bertz CT molecular complexity index is 1140. The van der Waals surface area contributed by atoms with Crippen molar-refractivity contribution in [3.63, 3.8) is 0 Å². The molecule has 0 unspecified atom stereocenters. The molecule has 144 valence electrons. The zero-order valence-corrected chi connectivity index (χ0v) is 18.3. The molecule has 0 amide bonds. The molecule has 4 rings (SSSR count). The van der Waals surface area contributed by atoms with E-state index in [2.05, 4.69) is 45.1 Å². The third-order valence-electron chi connectivity index (χ3n) is 4.71. The van der Waals surface area contributed by atoms with E-state index in [-0.39, 0.29) is 5.83 Å². The van der Waals surface area contributed by atoms with Gasteiger partial charge in [0.25, 0.3) is 0 Å². The smallest absolute Gasteiger partial charge is 0.191 e. The molecule has 0 fully saturated rings. The molecule has 1 aliphatic rings. The van der Waals surface area contributed by atoms with E-state index in [0.717, 1.165) is 50.0 Å². The van der Waals surface area contributed by atoms with E-state index >= 15 is 0 Å². The van der Waals surface area contributed by atoms with E-state index in [4.69, 9.17) is 9.97 Å². The Hall–Kier alpha value is -2.25. The maximum Gasteiger partial charge on any atom is 0.191 e. The van der Waals surface area contributed by atoms with Crippen molar-refractivity contribution in [3.05, 3.63) is 69.2 Å². The summed E-state index contributed by atoms with van der Waals surface area (Å²) in [6.07, 6.45) is 10.3. The number of rotatable bonds is 4. The summed E-state index contributed by atoms with van der Waals surface area (Å²) in [4.78, 5) is 11.7. The van der Waals surface area contributed by atoms with Crippen LogP contribution in [0.1, 0.15) is 30.3 Å². The molecule has 0 radical (unpaired) electrons. The predicted molar refractivity (Wildman–Crippen MR) is 118 cm³/mol. The molecule has 3 aromatic rings. The molecule has 0 N–H and O–H groups in total. The standard InChI is InChI=1S/C21H20BrFN4S/c1-4-17-20(27-11-15(22)10-13(2)19(27)24-17)26(3)21-25-18(12-28-21)14-6-5-7-16(23)9-8-14/h6-12H,4-5H2,1-3H3. The van der Waals surface area contributed by atoms with Crippen molar-refractivity contribution in [2.75, 3.05) is 11.9 Å². The van der Waals surface area contributed by atoms with Crippen LogP contribution in [-0.4, -0.2) is 21.4 Å². The highest BCUT2D eigenvalue weighted by molar-refractivity contribution is 9.10. The fourth-order valence-electron chi connectivity index (χ4n) is 3.33. The monoisotopic (exact) mass is 458 g/mol. The number of anilines is 2. The summed E-state index contributed by atoms with van der Waals surface area (Å²) < 4.78 is 16.6. The lowest BCUT2D eigenvalue weighted by Crippen LogP contribution is -2.13. The summed E-state index contributed by atoms with van der Waals surface area (Å²) in [5, 5.41) is 2.89. The molecule has 3 heterocycles. The van der Waals surface area contributed by atoms with Crippen LogP contribution in [0.25, 0.3) is 11.2 Å². The van der Waals surface area contributed by atoms with Crippen molar-refractivity contribution in [2.45, 2.75) is 26.7 Å². The van der Waals surface area contributed by atoms with Crippen LogP contribution < -0.4 is 4.90 Å². The number of aryl methyl sites for hydroxylation is 2. The molecular formula is C21H20BrFN4S. The Morgan fingerprint density at radius 2 is 2.11 bits per heavy atom. The first-order valence-corrected chi connectivity index (χ1v) is 10.8. The largest absolute Gasteiger partial charge is 0.305 e. The number of imidazole rings is 1. The van der Waals surface area contributed by atoms with Crippen molar-refractivity contribution in [2.24, 2.45) is 0 Å². The number of fused-ring (bicyclic) bond motifs is 1. The summed E-state index contributed by atoms with van der Waals surface area (Å²) in [5.74, 6) is 0.805. The first kappa shape index (κ1) is 19.1. The van der Waals surface area contributed by atoms with Crippen LogP contribution in [0.2, 0.25) is 0 Å². The lowest BCUT2D eigenvalue weighted by Gasteiger charge is -2.17. The molecule has 0 saturated heterocycles. The first-order chi connectivity index (χ1) is 13.5. The fraction of sp³-hybridized carbons (Fsp3) is 0.238. The van der Waals surface area contributed by atoms with Crippen LogP contribution in [0.3, 0.4) is 0 Å². The number of aromatic nitrogens is 3. The Morgan fingerprint density at radius 3 is 2.89 bits per heavy atom. The number of hydrogen-bond donors (Lipinski definition) is 0. The van der Waals surface area contributed by atoms with Crippen LogP contribution in [0.15, 0.2) is 52.2 Å². The molecule has 0 aliphatic heterocycles. The average molecular weight is 459 g/mol. The highest BCUT2D eigenvalue weighted by atomic mass is 79.9. The van der Waals surface area contributed by atoms with E-state index in [1.54, 1.807) is 23.5 Å². The van der Waals surface area contributed by atoms with Gasteiger partial charge in [-0.25, -0.2) is 14.4 Å². The Labute approximate surface area is 175 Å². The number of halogens is 2. The molecule has 1 aliphatic carbocycles. The van der Waals surface area contributed by atoms with Crippen LogP contribution in [-0.2, 0) is 6.42 Å². The topological polar surface area (TPSA) is 33.4 Å². The molecule has 0 aromatic carbocycles. The minimum Gasteiger partial charge on any atom is -0.305 e. The molecule has 0 saturated carbocycles. The van der Waals surface area contributed by atoms with Crippen molar-refractivity contribution < 1.29 is 4.39 Å². The van der Waals surface area contributed by atoms with Gasteiger partial charge in [-0.1, -0.05) is 19.1 Å². The van der Waals surface area contributed by atoms with Gasteiger partial charge < -0.3 is 4.90 Å². The van der Waals surface area contributed by atoms with Crippen molar-refractivity contribution in [1.29, 1.82) is 0 Å². The minimum atomic E-state index is -0.210. The molecule has 0 bridgehead atoms. The summed E-state index contributed by atoms with van der Waals surface area (Å²) in [5.41, 5.74) is 4.89. The van der Waals surface area contributed by atoms with Gasteiger partial charge >= 0.3 is 0 Å². The zero-order valence-electron chi connectivity index (χ0n) is 15.9. The highest BCUT2D eigenvalue weighted by Gasteiger charge is 2.20. The van der Waals surface area contributed by atoms with Gasteiger partial charge in [0.1, 0.15) is 17.3 Å². The Morgan fingerprint density at radius 1 is 1.29 bits per heavy atom. The van der Waals surface area contributed by atoms with Crippen LogP contribution in [0, 0.1) is 6.92 Å².